The van der Waals surface area contributed by atoms with Crippen LogP contribution in [0.3, 0.4) is 0 Å². The Bertz CT molecular complexity index is 1170. The summed E-state index contributed by atoms with van der Waals surface area (Å²) in [6, 6.07) is 4.51. The van der Waals surface area contributed by atoms with E-state index in [1.165, 1.54) is 11.1 Å². The van der Waals surface area contributed by atoms with Crippen LogP contribution in [0, 0.1) is 5.92 Å². The van der Waals surface area contributed by atoms with Gasteiger partial charge in [-0.25, -0.2) is 9.67 Å². The minimum atomic E-state index is 0.0930. The summed E-state index contributed by atoms with van der Waals surface area (Å²) >= 11 is 0. The number of anilines is 2. The third-order valence-electron chi connectivity index (χ3n) is 6.97. The normalized spacial score (nSPS) is 20.9. The molecule has 1 aromatic carbocycles. The highest BCUT2D eigenvalue weighted by Gasteiger charge is 2.28. The van der Waals surface area contributed by atoms with Gasteiger partial charge in [-0.3, -0.25) is 4.79 Å². The van der Waals surface area contributed by atoms with E-state index in [1.54, 1.807) is 14.2 Å². The van der Waals surface area contributed by atoms with Crippen LogP contribution in [-0.2, 0) is 17.8 Å². The van der Waals surface area contributed by atoms with Gasteiger partial charge in [0.15, 0.2) is 5.65 Å². The van der Waals surface area contributed by atoms with Gasteiger partial charge in [0.25, 0.3) is 0 Å². The molecule has 2 aliphatic rings. The SMILES string of the molecule is CNC(=O)[C@H]1CC[C@H](n2ncc3cnc(Nc4cc5c(cc4OC)CCN(C)C5)nc32)CC1. The second-order valence-electron chi connectivity index (χ2n) is 9.12. The van der Waals surface area contributed by atoms with Crippen molar-refractivity contribution in [2.75, 3.05) is 33.1 Å². The summed E-state index contributed by atoms with van der Waals surface area (Å²) in [6.07, 6.45) is 8.20. The number of fused-ring (bicyclic) bond motifs is 2. The average Bonchev–Trinajstić information content (AvgIpc) is 3.26. The minimum absolute atomic E-state index is 0.0930. The summed E-state index contributed by atoms with van der Waals surface area (Å²) in [4.78, 5) is 23.6. The van der Waals surface area contributed by atoms with Crippen molar-refractivity contribution in [1.29, 1.82) is 0 Å². The number of hydrogen-bond donors (Lipinski definition) is 2. The van der Waals surface area contributed by atoms with Crippen LogP contribution in [0.5, 0.6) is 5.75 Å². The highest BCUT2D eigenvalue weighted by molar-refractivity contribution is 5.78. The summed E-state index contributed by atoms with van der Waals surface area (Å²) in [7, 11) is 5.54. The number of hydrogen-bond acceptors (Lipinski definition) is 7. The lowest BCUT2D eigenvalue weighted by atomic mass is 9.85. The van der Waals surface area contributed by atoms with E-state index in [0.717, 1.165) is 67.7 Å². The van der Waals surface area contributed by atoms with E-state index in [0.29, 0.717) is 5.95 Å². The average molecular weight is 450 g/mol. The Balaban J connectivity index is 1.40. The highest BCUT2D eigenvalue weighted by atomic mass is 16.5. The molecule has 0 spiro atoms. The van der Waals surface area contributed by atoms with Gasteiger partial charge in [-0.05, 0) is 62.4 Å². The number of carbonyl (C=O) groups excluding carboxylic acids is 1. The number of ether oxygens (including phenoxy) is 1. The van der Waals surface area contributed by atoms with Crippen LogP contribution in [0.2, 0.25) is 0 Å². The number of amides is 1. The maximum Gasteiger partial charge on any atom is 0.229 e. The predicted molar refractivity (Wildman–Crippen MR) is 127 cm³/mol. The van der Waals surface area contributed by atoms with Crippen LogP contribution in [0.1, 0.15) is 42.9 Å². The molecule has 33 heavy (non-hydrogen) atoms. The third-order valence-corrected chi connectivity index (χ3v) is 6.97. The second-order valence-corrected chi connectivity index (χ2v) is 9.12. The smallest absolute Gasteiger partial charge is 0.229 e. The summed E-state index contributed by atoms with van der Waals surface area (Å²) in [5.41, 5.74) is 4.30. The lowest BCUT2D eigenvalue weighted by Crippen LogP contribution is -2.31. The van der Waals surface area contributed by atoms with Crippen molar-refractivity contribution in [3.05, 3.63) is 35.7 Å². The summed E-state index contributed by atoms with van der Waals surface area (Å²) in [6.45, 7) is 1.97. The molecule has 5 rings (SSSR count). The number of nitrogens with one attached hydrogen (secondary N) is 2. The molecule has 9 heteroatoms. The van der Waals surface area contributed by atoms with Crippen LogP contribution < -0.4 is 15.4 Å². The Hall–Kier alpha value is -3.20. The zero-order valence-corrected chi connectivity index (χ0v) is 19.5. The fourth-order valence-electron chi connectivity index (χ4n) is 5.06. The molecule has 1 amide bonds. The minimum Gasteiger partial charge on any atom is -0.495 e. The fraction of sp³-hybridized carbons (Fsp3) is 0.500. The molecule has 2 aromatic heterocycles. The Morgan fingerprint density at radius 2 is 1.97 bits per heavy atom. The van der Waals surface area contributed by atoms with Gasteiger partial charge >= 0.3 is 0 Å². The maximum absolute atomic E-state index is 12.0. The molecular formula is C24H31N7O2. The quantitative estimate of drug-likeness (QED) is 0.618. The first-order valence-electron chi connectivity index (χ1n) is 11.6. The van der Waals surface area contributed by atoms with Crippen molar-refractivity contribution in [1.82, 2.24) is 30.0 Å². The Labute approximate surface area is 193 Å². The number of rotatable bonds is 5. The molecule has 1 aliphatic heterocycles. The van der Waals surface area contributed by atoms with Gasteiger partial charge in [-0.2, -0.15) is 10.1 Å². The zero-order chi connectivity index (χ0) is 22.9. The van der Waals surface area contributed by atoms with Gasteiger partial charge in [0.1, 0.15) is 5.75 Å². The Morgan fingerprint density at radius 3 is 2.73 bits per heavy atom. The van der Waals surface area contributed by atoms with Crippen molar-refractivity contribution in [3.63, 3.8) is 0 Å². The molecule has 3 aromatic rings. The summed E-state index contributed by atoms with van der Waals surface area (Å²) < 4.78 is 7.66. The molecule has 174 valence electrons. The van der Waals surface area contributed by atoms with Crippen molar-refractivity contribution in [3.8, 4) is 5.75 Å². The molecule has 0 saturated heterocycles. The molecule has 2 N–H and O–H groups in total. The van der Waals surface area contributed by atoms with Gasteiger partial charge in [0.2, 0.25) is 11.9 Å². The van der Waals surface area contributed by atoms with Crippen molar-refractivity contribution < 1.29 is 9.53 Å². The van der Waals surface area contributed by atoms with E-state index in [9.17, 15) is 4.79 Å². The van der Waals surface area contributed by atoms with E-state index < -0.39 is 0 Å². The van der Waals surface area contributed by atoms with Crippen molar-refractivity contribution >= 4 is 28.6 Å². The van der Waals surface area contributed by atoms with Crippen LogP contribution in [0.15, 0.2) is 24.5 Å². The molecule has 3 heterocycles. The number of methoxy groups -OCH3 is 1. The predicted octanol–water partition coefficient (Wildman–Crippen LogP) is 3.04. The van der Waals surface area contributed by atoms with Gasteiger partial charge in [-0.1, -0.05) is 0 Å². The molecule has 0 radical (unpaired) electrons. The maximum atomic E-state index is 12.0. The number of likely N-dealkylation sites (N-methyl/N-ethyl adjacent to an activating group) is 1. The molecule has 1 aliphatic carbocycles. The third kappa shape index (κ3) is 4.25. The standard InChI is InChI=1S/C24H31N7O2/c1-25-23(32)15-4-6-19(7-5-15)31-22-18(13-27-31)12-26-24(29-22)28-20-10-17-14-30(2)9-8-16(17)11-21(20)33-3/h10-13,15,19H,4-9,14H2,1-3H3,(H,25,32)(H,26,28,29)/t15-,19-. The van der Waals surface area contributed by atoms with Crippen LogP contribution >= 0.6 is 0 Å². The first-order chi connectivity index (χ1) is 16.1. The van der Waals surface area contributed by atoms with Crippen molar-refractivity contribution in [2.45, 2.75) is 44.7 Å². The van der Waals surface area contributed by atoms with Crippen LogP contribution in [0.4, 0.5) is 11.6 Å². The monoisotopic (exact) mass is 449 g/mol. The number of aromatic nitrogens is 4. The highest BCUT2D eigenvalue weighted by Crippen LogP contribution is 2.35. The Morgan fingerprint density at radius 1 is 1.15 bits per heavy atom. The first-order valence-corrected chi connectivity index (χ1v) is 11.6. The van der Waals surface area contributed by atoms with Crippen molar-refractivity contribution in [2.24, 2.45) is 5.92 Å². The number of benzene rings is 1. The van der Waals surface area contributed by atoms with E-state index >= 15 is 0 Å². The summed E-state index contributed by atoms with van der Waals surface area (Å²) in [5.74, 6) is 1.54. The lowest BCUT2D eigenvalue weighted by molar-refractivity contribution is -0.125. The Kier molecular flexibility index (Phi) is 5.88. The van der Waals surface area contributed by atoms with E-state index in [4.69, 9.17) is 9.72 Å². The summed E-state index contributed by atoms with van der Waals surface area (Å²) in [5, 5.41) is 11.7. The van der Waals surface area contributed by atoms with Crippen LogP contribution in [0.25, 0.3) is 11.0 Å². The van der Waals surface area contributed by atoms with Gasteiger partial charge in [0, 0.05) is 32.3 Å². The van der Waals surface area contributed by atoms with E-state index in [2.05, 4.69) is 44.8 Å². The van der Waals surface area contributed by atoms with Gasteiger partial charge in [-0.15, -0.1) is 0 Å². The van der Waals surface area contributed by atoms with E-state index in [1.807, 2.05) is 17.1 Å². The number of nitrogens with zero attached hydrogens (tertiary/aromatic N) is 5. The zero-order valence-electron chi connectivity index (χ0n) is 19.5. The topological polar surface area (TPSA) is 97.2 Å². The van der Waals surface area contributed by atoms with Crippen LogP contribution in [-0.4, -0.2) is 58.3 Å². The molecule has 9 nitrogen and oxygen atoms in total. The van der Waals surface area contributed by atoms with Gasteiger partial charge in [0.05, 0.1) is 30.4 Å². The fourth-order valence-corrected chi connectivity index (χ4v) is 5.06. The largest absolute Gasteiger partial charge is 0.495 e. The first kappa shape index (κ1) is 21.6. The molecular weight excluding hydrogens is 418 g/mol. The molecule has 1 fully saturated rings. The number of carbonyl (C=O) groups is 1. The van der Waals surface area contributed by atoms with E-state index in [-0.39, 0.29) is 17.9 Å². The molecule has 0 bridgehead atoms. The molecule has 1 saturated carbocycles. The van der Waals surface area contributed by atoms with Gasteiger partial charge < -0.3 is 20.3 Å². The lowest BCUT2D eigenvalue weighted by Gasteiger charge is -2.27. The second kappa shape index (κ2) is 8.97. The molecule has 0 atom stereocenters. The molecule has 0 unspecified atom stereocenters.